The summed E-state index contributed by atoms with van der Waals surface area (Å²) in [6.45, 7) is 4.10. The number of benzene rings is 2. The molecule has 92 valence electrons. The van der Waals surface area contributed by atoms with Gasteiger partial charge in [0.25, 0.3) is 0 Å². The van der Waals surface area contributed by atoms with Gasteiger partial charge in [-0.3, -0.25) is 4.79 Å². The quantitative estimate of drug-likeness (QED) is 0.794. The largest absolute Gasteiger partial charge is 0.299 e. The van der Waals surface area contributed by atoms with Crippen LogP contribution in [0.3, 0.4) is 0 Å². The Bertz CT molecular complexity index is 506. The Labute approximate surface area is 108 Å². The number of hydrogen-bond acceptors (Lipinski definition) is 1. The molecule has 1 heteroatoms. The van der Waals surface area contributed by atoms with Crippen LogP contribution in [0.5, 0.6) is 0 Å². The average Bonchev–Trinajstić information content (AvgIpc) is 2.28. The van der Waals surface area contributed by atoms with Crippen molar-refractivity contribution in [3.63, 3.8) is 0 Å². The van der Waals surface area contributed by atoms with Crippen molar-refractivity contribution in [2.24, 2.45) is 0 Å². The van der Waals surface area contributed by atoms with Crippen molar-refractivity contribution in [2.75, 3.05) is 0 Å². The van der Waals surface area contributed by atoms with E-state index in [1.807, 2.05) is 24.3 Å². The number of hydrogen-bond donors (Lipinski definition) is 0. The van der Waals surface area contributed by atoms with Crippen molar-refractivity contribution in [3.8, 4) is 0 Å². The molecule has 0 radical (unpaired) electrons. The van der Waals surface area contributed by atoms with Gasteiger partial charge in [0.05, 0.1) is 0 Å². The van der Waals surface area contributed by atoms with Gasteiger partial charge in [-0.1, -0.05) is 59.7 Å². The highest BCUT2D eigenvalue weighted by molar-refractivity contribution is 5.83. The zero-order valence-corrected chi connectivity index (χ0v) is 10.9. The number of carbonyl (C=O) groups excluding carboxylic acids is 1. The molecule has 0 spiro atoms. The van der Waals surface area contributed by atoms with Crippen LogP contribution in [0.1, 0.15) is 22.3 Å². The molecule has 0 aliphatic heterocycles. The summed E-state index contributed by atoms with van der Waals surface area (Å²) in [6, 6.07) is 16.3. The first-order valence-corrected chi connectivity index (χ1v) is 6.26. The molecule has 2 rings (SSSR count). The van der Waals surface area contributed by atoms with E-state index in [0.717, 1.165) is 11.1 Å². The lowest BCUT2D eigenvalue weighted by Crippen LogP contribution is -2.06. The summed E-state index contributed by atoms with van der Waals surface area (Å²) in [5, 5.41) is 0. The molecule has 0 saturated carbocycles. The van der Waals surface area contributed by atoms with Crippen LogP contribution in [0, 0.1) is 13.8 Å². The molecule has 0 aliphatic rings. The van der Waals surface area contributed by atoms with Gasteiger partial charge in [0.1, 0.15) is 5.78 Å². The molecule has 0 aromatic heterocycles. The first-order chi connectivity index (χ1) is 8.63. The second-order valence-corrected chi connectivity index (χ2v) is 4.87. The number of ketones is 1. The topological polar surface area (TPSA) is 17.1 Å². The van der Waals surface area contributed by atoms with E-state index in [-0.39, 0.29) is 5.78 Å². The second-order valence-electron chi connectivity index (χ2n) is 4.87. The maximum absolute atomic E-state index is 12.0. The first-order valence-electron chi connectivity index (χ1n) is 6.26. The van der Waals surface area contributed by atoms with Crippen LogP contribution in [0.2, 0.25) is 0 Å². The molecule has 18 heavy (non-hydrogen) atoms. The molecular weight excluding hydrogens is 220 g/mol. The lowest BCUT2D eigenvalue weighted by Gasteiger charge is -2.04. The zero-order chi connectivity index (χ0) is 13.0. The van der Waals surface area contributed by atoms with Crippen molar-refractivity contribution >= 4 is 5.78 Å². The fourth-order valence-electron chi connectivity index (χ4n) is 2.16. The Morgan fingerprint density at radius 3 is 1.67 bits per heavy atom. The van der Waals surface area contributed by atoms with Gasteiger partial charge in [-0.15, -0.1) is 0 Å². The van der Waals surface area contributed by atoms with Crippen molar-refractivity contribution in [1.29, 1.82) is 0 Å². The summed E-state index contributed by atoms with van der Waals surface area (Å²) in [5.74, 6) is 0.270. The van der Waals surface area contributed by atoms with Gasteiger partial charge in [0.15, 0.2) is 0 Å². The van der Waals surface area contributed by atoms with E-state index in [0.29, 0.717) is 12.8 Å². The summed E-state index contributed by atoms with van der Waals surface area (Å²) >= 11 is 0. The highest BCUT2D eigenvalue weighted by atomic mass is 16.1. The molecule has 0 heterocycles. The third-order valence-electron chi connectivity index (χ3n) is 2.97. The Kier molecular flexibility index (Phi) is 3.93. The van der Waals surface area contributed by atoms with Gasteiger partial charge in [-0.05, 0) is 25.0 Å². The molecular formula is C17H18O. The third kappa shape index (κ3) is 3.56. The van der Waals surface area contributed by atoms with Crippen molar-refractivity contribution in [2.45, 2.75) is 26.7 Å². The van der Waals surface area contributed by atoms with Gasteiger partial charge in [-0.25, -0.2) is 0 Å². The maximum Gasteiger partial charge on any atom is 0.141 e. The van der Waals surface area contributed by atoms with Gasteiger partial charge >= 0.3 is 0 Å². The van der Waals surface area contributed by atoms with Crippen molar-refractivity contribution in [3.05, 3.63) is 70.8 Å². The number of carbonyl (C=O) groups is 1. The number of rotatable bonds is 4. The summed E-state index contributed by atoms with van der Waals surface area (Å²) in [6.07, 6.45) is 1.05. The number of Topliss-reactive ketones (excluding diaryl/α,β-unsaturated/α-hetero) is 1. The molecule has 0 fully saturated rings. The van der Waals surface area contributed by atoms with E-state index >= 15 is 0 Å². The van der Waals surface area contributed by atoms with Crippen LogP contribution in [0.15, 0.2) is 48.5 Å². The fourth-order valence-corrected chi connectivity index (χ4v) is 2.16. The molecule has 0 N–H and O–H groups in total. The predicted molar refractivity (Wildman–Crippen MR) is 74.8 cm³/mol. The molecule has 1 nitrogen and oxygen atoms in total. The molecule has 2 aromatic carbocycles. The Morgan fingerprint density at radius 1 is 0.833 bits per heavy atom. The second kappa shape index (κ2) is 5.63. The zero-order valence-electron chi connectivity index (χ0n) is 10.9. The minimum Gasteiger partial charge on any atom is -0.299 e. The van der Waals surface area contributed by atoms with Gasteiger partial charge < -0.3 is 0 Å². The van der Waals surface area contributed by atoms with Gasteiger partial charge in [-0.2, -0.15) is 0 Å². The Hall–Kier alpha value is -1.89. The summed E-state index contributed by atoms with van der Waals surface area (Å²) in [4.78, 5) is 12.0. The van der Waals surface area contributed by atoms with Crippen LogP contribution < -0.4 is 0 Å². The normalized spacial score (nSPS) is 10.3. The number of aryl methyl sites for hydroxylation is 2. The highest BCUT2D eigenvalue weighted by Crippen LogP contribution is 2.09. The first kappa shape index (κ1) is 12.6. The maximum atomic E-state index is 12.0. The van der Waals surface area contributed by atoms with Gasteiger partial charge in [0, 0.05) is 12.8 Å². The summed E-state index contributed by atoms with van der Waals surface area (Å²) in [7, 11) is 0. The van der Waals surface area contributed by atoms with Crippen LogP contribution in [-0.2, 0) is 17.6 Å². The predicted octanol–water partition coefficient (Wildman–Crippen LogP) is 3.66. The molecule has 0 saturated heterocycles. The van der Waals surface area contributed by atoms with E-state index in [1.54, 1.807) is 0 Å². The molecule has 0 unspecified atom stereocenters. The third-order valence-corrected chi connectivity index (χ3v) is 2.97. The average molecular weight is 238 g/mol. The van der Waals surface area contributed by atoms with E-state index in [1.165, 1.54) is 11.1 Å². The lowest BCUT2D eigenvalue weighted by atomic mass is 10.0. The Balaban J connectivity index is 2.01. The van der Waals surface area contributed by atoms with Crippen LogP contribution in [0.4, 0.5) is 0 Å². The SMILES string of the molecule is Cc1cccc(CC(=O)Cc2cccc(C)c2)c1. The van der Waals surface area contributed by atoms with Crippen LogP contribution >= 0.6 is 0 Å². The van der Waals surface area contributed by atoms with Crippen molar-refractivity contribution in [1.82, 2.24) is 0 Å². The molecule has 2 aromatic rings. The van der Waals surface area contributed by atoms with E-state index < -0.39 is 0 Å². The monoisotopic (exact) mass is 238 g/mol. The summed E-state index contributed by atoms with van der Waals surface area (Å²) in [5.41, 5.74) is 4.62. The van der Waals surface area contributed by atoms with E-state index in [9.17, 15) is 4.79 Å². The fraction of sp³-hybridized carbons (Fsp3) is 0.235. The minimum atomic E-state index is 0.270. The van der Waals surface area contributed by atoms with Crippen LogP contribution in [0.25, 0.3) is 0 Å². The smallest absolute Gasteiger partial charge is 0.141 e. The molecule has 0 amide bonds. The molecule has 0 atom stereocenters. The van der Waals surface area contributed by atoms with E-state index in [4.69, 9.17) is 0 Å². The molecule has 0 aliphatic carbocycles. The van der Waals surface area contributed by atoms with Crippen molar-refractivity contribution < 1.29 is 4.79 Å². The standard InChI is InChI=1S/C17H18O/c1-13-5-3-7-15(9-13)11-17(18)12-16-8-4-6-14(2)10-16/h3-10H,11-12H2,1-2H3. The Morgan fingerprint density at radius 2 is 1.28 bits per heavy atom. The minimum absolute atomic E-state index is 0.270. The van der Waals surface area contributed by atoms with Gasteiger partial charge in [0.2, 0.25) is 0 Å². The molecule has 0 bridgehead atoms. The lowest BCUT2D eigenvalue weighted by molar-refractivity contribution is -0.117. The highest BCUT2D eigenvalue weighted by Gasteiger charge is 2.05. The van der Waals surface area contributed by atoms with Crippen LogP contribution in [-0.4, -0.2) is 5.78 Å². The summed E-state index contributed by atoms with van der Waals surface area (Å²) < 4.78 is 0. The van der Waals surface area contributed by atoms with E-state index in [2.05, 4.69) is 38.1 Å².